The number of hydrogen-bond acceptors (Lipinski definition) is 2. The largest absolute Gasteiger partial charge is 0.389 e. The van der Waals surface area contributed by atoms with E-state index in [1.807, 2.05) is 6.20 Å². The molecule has 1 aliphatic rings. The van der Waals surface area contributed by atoms with Gasteiger partial charge < -0.3 is 10.6 Å². The van der Waals surface area contributed by atoms with Gasteiger partial charge in [0.25, 0.3) is 0 Å². The number of hydrogen-bond donors (Lipinski definition) is 2. The van der Waals surface area contributed by atoms with Gasteiger partial charge in [0.05, 0.1) is 0 Å². The first-order chi connectivity index (χ1) is 3.50. The summed E-state index contributed by atoms with van der Waals surface area (Å²) in [5.41, 5.74) is 0. The summed E-state index contributed by atoms with van der Waals surface area (Å²) in [6, 6.07) is 0. The monoisotopic (exact) mass is 97.1 g/mol. The molecule has 2 heteroatoms. The van der Waals surface area contributed by atoms with E-state index in [9.17, 15) is 0 Å². The summed E-state index contributed by atoms with van der Waals surface area (Å²) in [4.78, 5) is 0. The molecule has 0 aliphatic carbocycles. The fraction of sp³-hybridized carbons (Fsp3) is 0.600. The second-order valence-electron chi connectivity index (χ2n) is 1.48. The Hall–Kier alpha value is -0.500. The van der Waals surface area contributed by atoms with Gasteiger partial charge in [-0.1, -0.05) is 0 Å². The Morgan fingerprint density at radius 1 is 1.43 bits per heavy atom. The quantitative estimate of drug-likeness (QED) is 0.425. The van der Waals surface area contributed by atoms with Gasteiger partial charge in [-0.2, -0.15) is 0 Å². The Balaban J connectivity index is 2.20. The summed E-state index contributed by atoms with van der Waals surface area (Å²) in [6.07, 6.45) is 4.86. The predicted molar refractivity (Wildman–Crippen MR) is 28.7 cm³/mol. The van der Waals surface area contributed by atoms with Gasteiger partial charge in [-0.3, -0.25) is 0 Å². The third kappa shape index (κ3) is 1.59. The summed E-state index contributed by atoms with van der Waals surface area (Å²) in [7, 11) is 0. The first kappa shape index (κ1) is 4.65. The van der Waals surface area contributed by atoms with Gasteiger partial charge >= 0.3 is 0 Å². The summed E-state index contributed by atoms with van der Waals surface area (Å²) >= 11 is 0. The second-order valence-corrected chi connectivity index (χ2v) is 1.48. The highest BCUT2D eigenvalue weighted by molar-refractivity contribution is 4.76. The van der Waals surface area contributed by atoms with Crippen molar-refractivity contribution in [3.05, 3.63) is 12.3 Å². The van der Waals surface area contributed by atoms with Crippen molar-refractivity contribution < 1.29 is 0 Å². The molecule has 0 atom stereocenters. The number of rotatable bonds is 0. The molecule has 0 aromatic carbocycles. The standard InChI is InChI=1S/C5H9N2/c1-2-6-4-5-7-3-1/h2,6-7H,3-5H2. The zero-order valence-corrected chi connectivity index (χ0v) is 4.20. The van der Waals surface area contributed by atoms with Gasteiger partial charge in [0.1, 0.15) is 0 Å². The van der Waals surface area contributed by atoms with Crippen LogP contribution in [0.15, 0.2) is 6.20 Å². The molecule has 0 fully saturated rings. The Morgan fingerprint density at radius 3 is 3.43 bits per heavy atom. The van der Waals surface area contributed by atoms with Crippen LogP contribution in [0.1, 0.15) is 0 Å². The van der Waals surface area contributed by atoms with Crippen molar-refractivity contribution in [3.63, 3.8) is 0 Å². The molecule has 0 spiro atoms. The van der Waals surface area contributed by atoms with E-state index >= 15 is 0 Å². The van der Waals surface area contributed by atoms with E-state index in [1.165, 1.54) is 0 Å². The lowest BCUT2D eigenvalue weighted by Gasteiger charge is -1.93. The van der Waals surface area contributed by atoms with E-state index in [4.69, 9.17) is 0 Å². The van der Waals surface area contributed by atoms with E-state index in [0.717, 1.165) is 19.6 Å². The maximum absolute atomic E-state index is 3.14. The molecule has 0 bridgehead atoms. The molecule has 0 saturated carbocycles. The van der Waals surface area contributed by atoms with Gasteiger partial charge in [-0.15, -0.1) is 0 Å². The van der Waals surface area contributed by atoms with Crippen molar-refractivity contribution in [2.45, 2.75) is 0 Å². The average molecular weight is 97.1 g/mol. The zero-order valence-electron chi connectivity index (χ0n) is 4.20. The summed E-state index contributed by atoms with van der Waals surface area (Å²) in [5, 5.41) is 6.19. The molecule has 7 heavy (non-hydrogen) atoms. The van der Waals surface area contributed by atoms with Crippen LogP contribution in [0.5, 0.6) is 0 Å². The van der Waals surface area contributed by atoms with E-state index in [2.05, 4.69) is 16.7 Å². The third-order valence-corrected chi connectivity index (χ3v) is 0.877. The van der Waals surface area contributed by atoms with Crippen molar-refractivity contribution in [2.24, 2.45) is 0 Å². The lowest BCUT2D eigenvalue weighted by atomic mass is 10.6. The normalized spacial score (nSPS) is 20.6. The molecule has 0 amide bonds. The van der Waals surface area contributed by atoms with Crippen molar-refractivity contribution in [2.75, 3.05) is 19.6 Å². The molecule has 0 aromatic rings. The van der Waals surface area contributed by atoms with Gasteiger partial charge in [0.15, 0.2) is 0 Å². The molecule has 1 rings (SSSR count). The van der Waals surface area contributed by atoms with Crippen LogP contribution in [0, 0.1) is 6.08 Å². The lowest BCUT2D eigenvalue weighted by molar-refractivity contribution is 0.730. The van der Waals surface area contributed by atoms with Crippen molar-refractivity contribution in [3.8, 4) is 0 Å². The highest BCUT2D eigenvalue weighted by Gasteiger charge is 1.85. The van der Waals surface area contributed by atoms with E-state index < -0.39 is 0 Å². The van der Waals surface area contributed by atoms with Crippen LogP contribution in [0.2, 0.25) is 0 Å². The maximum Gasteiger partial charge on any atom is 0.0267 e. The van der Waals surface area contributed by atoms with Gasteiger partial charge in [-0.25, -0.2) is 0 Å². The first-order valence-electron chi connectivity index (χ1n) is 2.49. The van der Waals surface area contributed by atoms with E-state index in [1.54, 1.807) is 0 Å². The molecule has 0 saturated heterocycles. The summed E-state index contributed by atoms with van der Waals surface area (Å²) in [5.74, 6) is 0. The molecule has 2 nitrogen and oxygen atoms in total. The molecule has 2 N–H and O–H groups in total. The highest BCUT2D eigenvalue weighted by atomic mass is 14.9. The van der Waals surface area contributed by atoms with Crippen LogP contribution >= 0.6 is 0 Å². The molecule has 0 aromatic heterocycles. The van der Waals surface area contributed by atoms with Crippen LogP contribution in [-0.2, 0) is 0 Å². The van der Waals surface area contributed by atoms with Crippen LogP contribution in [-0.4, -0.2) is 19.6 Å². The molecule has 1 aliphatic heterocycles. The predicted octanol–water partition coefficient (Wildman–Crippen LogP) is -0.504. The van der Waals surface area contributed by atoms with Crippen molar-refractivity contribution >= 4 is 0 Å². The molecule has 0 unspecified atom stereocenters. The minimum absolute atomic E-state index is 0.882. The summed E-state index contributed by atoms with van der Waals surface area (Å²) in [6.45, 7) is 2.95. The first-order valence-corrected chi connectivity index (χ1v) is 2.49. The molecular formula is C5H9N2. The second kappa shape index (κ2) is 2.64. The van der Waals surface area contributed by atoms with Crippen molar-refractivity contribution in [1.29, 1.82) is 0 Å². The molecule has 1 heterocycles. The van der Waals surface area contributed by atoms with Crippen LogP contribution in [0.3, 0.4) is 0 Å². The Bertz CT molecular complexity index is 60.5. The topological polar surface area (TPSA) is 24.1 Å². The molecular weight excluding hydrogens is 88.1 g/mol. The average Bonchev–Trinajstić information content (AvgIpc) is 1.90. The fourth-order valence-electron chi connectivity index (χ4n) is 0.516. The van der Waals surface area contributed by atoms with E-state index in [-0.39, 0.29) is 0 Å². The smallest absolute Gasteiger partial charge is 0.0267 e. The number of nitrogens with one attached hydrogen (secondary N) is 2. The minimum Gasteiger partial charge on any atom is -0.389 e. The van der Waals surface area contributed by atoms with E-state index in [0.29, 0.717) is 0 Å². The maximum atomic E-state index is 3.14. The fourth-order valence-corrected chi connectivity index (χ4v) is 0.516. The zero-order chi connectivity index (χ0) is 4.95. The van der Waals surface area contributed by atoms with Crippen LogP contribution in [0.4, 0.5) is 0 Å². The lowest BCUT2D eigenvalue weighted by Crippen LogP contribution is -2.20. The minimum atomic E-state index is 0.882. The SMILES string of the molecule is [C]1=CNCCNC1. The Labute approximate surface area is 43.6 Å². The summed E-state index contributed by atoms with van der Waals surface area (Å²) < 4.78 is 0. The van der Waals surface area contributed by atoms with Crippen LogP contribution < -0.4 is 10.6 Å². The third-order valence-electron chi connectivity index (χ3n) is 0.877. The molecule has 1 radical (unpaired) electrons. The van der Waals surface area contributed by atoms with Gasteiger partial charge in [0, 0.05) is 25.8 Å². The Morgan fingerprint density at radius 2 is 2.43 bits per heavy atom. The van der Waals surface area contributed by atoms with Gasteiger partial charge in [-0.05, 0) is 6.08 Å². The van der Waals surface area contributed by atoms with Gasteiger partial charge in [0.2, 0.25) is 0 Å². The highest BCUT2D eigenvalue weighted by Crippen LogP contribution is 1.68. The Kier molecular flexibility index (Phi) is 1.75. The molecule has 39 valence electrons. The van der Waals surface area contributed by atoms with Crippen LogP contribution in [0.25, 0.3) is 0 Å². The van der Waals surface area contributed by atoms with Crippen molar-refractivity contribution in [1.82, 2.24) is 10.6 Å².